The van der Waals surface area contributed by atoms with Gasteiger partial charge in [-0.05, 0) is 98.0 Å². The van der Waals surface area contributed by atoms with E-state index in [2.05, 4.69) is 34.6 Å². The van der Waals surface area contributed by atoms with Gasteiger partial charge in [0.25, 0.3) is 5.69 Å². The summed E-state index contributed by atoms with van der Waals surface area (Å²) in [6.45, 7) is 12.4. The Labute approximate surface area is 240 Å². The molecular weight excluding hydrogens is 502 g/mol. The fourth-order valence-corrected chi connectivity index (χ4v) is 10.7. The third-order valence-corrected chi connectivity index (χ3v) is 12.8. The minimum absolute atomic E-state index is 0.0207. The molecular formula is C34H49NO5. The summed E-state index contributed by atoms with van der Waals surface area (Å²) in [6, 6.07) is 5.72. The lowest BCUT2D eigenvalue weighted by Crippen LogP contribution is -2.59. The van der Waals surface area contributed by atoms with Crippen LogP contribution >= 0.6 is 0 Å². The summed E-state index contributed by atoms with van der Waals surface area (Å²) >= 11 is 0. The maximum absolute atomic E-state index is 12.9. The number of benzene rings is 1. The monoisotopic (exact) mass is 551 g/mol. The molecule has 4 aliphatic carbocycles. The number of hydrogen-bond acceptors (Lipinski definition) is 5. The topological polar surface area (TPSA) is 82.0 Å². The lowest BCUT2D eigenvalue weighted by Gasteiger charge is -2.59. The number of rotatable bonds is 8. The van der Waals surface area contributed by atoms with E-state index in [1.807, 2.05) is 0 Å². The molecule has 1 spiro atoms. The zero-order chi connectivity index (χ0) is 28.4. The molecule has 6 nitrogen and oxygen atoms in total. The number of fused-ring (bicyclic) bond motifs is 4. The molecule has 0 aromatic heterocycles. The van der Waals surface area contributed by atoms with Crippen LogP contribution in [0.5, 0.6) is 0 Å². The Bertz CT molecular complexity index is 1130. The van der Waals surface area contributed by atoms with Gasteiger partial charge in [0, 0.05) is 24.0 Å². The zero-order valence-corrected chi connectivity index (χ0v) is 25.2. The SMILES string of the molecule is CC(C)CCC[C@H](C)[C@H]1CC[C@H]2[C@@H]3C[C@@H]4O[C@@]45C[C@H](OC(=O)c4ccc([N+](=O)[O-])cc4)CC[C@]5(C)[C@H]3CC[C@]12C. The van der Waals surface area contributed by atoms with Crippen LogP contribution in [0.3, 0.4) is 0 Å². The molecule has 1 saturated heterocycles. The molecule has 1 aromatic carbocycles. The second-order valence-electron chi connectivity index (χ2n) is 15.1. The summed E-state index contributed by atoms with van der Waals surface area (Å²) in [5.74, 6) is 4.38. The molecule has 0 unspecified atom stereocenters. The smallest absolute Gasteiger partial charge is 0.338 e. The Hall–Kier alpha value is -1.95. The molecule has 1 aromatic rings. The number of nitro groups is 1. The third-order valence-electron chi connectivity index (χ3n) is 12.8. The summed E-state index contributed by atoms with van der Waals surface area (Å²) in [5.41, 5.74) is 0.824. The molecule has 0 N–H and O–H groups in total. The van der Waals surface area contributed by atoms with Crippen LogP contribution in [0.1, 0.15) is 116 Å². The van der Waals surface area contributed by atoms with Gasteiger partial charge in [-0.1, -0.05) is 53.9 Å². The Morgan fingerprint density at radius 2 is 1.80 bits per heavy atom. The summed E-state index contributed by atoms with van der Waals surface area (Å²) < 4.78 is 12.7. The number of carbonyl (C=O) groups is 1. The van der Waals surface area contributed by atoms with Crippen molar-refractivity contribution < 1.29 is 19.2 Å². The van der Waals surface area contributed by atoms with Crippen molar-refractivity contribution in [3.05, 3.63) is 39.9 Å². The second kappa shape index (κ2) is 10.1. The van der Waals surface area contributed by atoms with Gasteiger partial charge in [-0.2, -0.15) is 0 Å². The van der Waals surface area contributed by atoms with Crippen LogP contribution in [-0.2, 0) is 9.47 Å². The first-order valence-electron chi connectivity index (χ1n) is 16.1. The Kier molecular flexibility index (Phi) is 7.12. The molecule has 6 rings (SSSR count). The maximum atomic E-state index is 12.9. The molecule has 5 fully saturated rings. The molecule has 40 heavy (non-hydrogen) atoms. The molecule has 10 atom stereocenters. The van der Waals surface area contributed by atoms with E-state index in [9.17, 15) is 14.9 Å². The van der Waals surface area contributed by atoms with Crippen molar-refractivity contribution in [3.63, 3.8) is 0 Å². The Balaban J connectivity index is 1.12. The third kappa shape index (κ3) is 4.42. The second-order valence-corrected chi connectivity index (χ2v) is 15.1. The number of non-ortho nitro benzene ring substituents is 1. The van der Waals surface area contributed by atoms with E-state index in [-0.39, 0.29) is 22.8 Å². The molecule has 1 heterocycles. The fourth-order valence-electron chi connectivity index (χ4n) is 10.7. The molecule has 0 amide bonds. The van der Waals surface area contributed by atoms with E-state index in [0.717, 1.165) is 48.9 Å². The molecule has 4 saturated carbocycles. The average Bonchev–Trinajstić information content (AvgIpc) is 3.49. The van der Waals surface area contributed by atoms with Crippen LogP contribution in [0.25, 0.3) is 0 Å². The van der Waals surface area contributed by atoms with Gasteiger partial charge < -0.3 is 9.47 Å². The Morgan fingerprint density at radius 3 is 2.50 bits per heavy atom. The molecule has 5 aliphatic rings. The van der Waals surface area contributed by atoms with Crippen LogP contribution in [0, 0.1) is 56.5 Å². The van der Waals surface area contributed by atoms with E-state index in [4.69, 9.17) is 9.47 Å². The van der Waals surface area contributed by atoms with Crippen molar-refractivity contribution in [3.8, 4) is 0 Å². The molecule has 1 aliphatic heterocycles. The van der Waals surface area contributed by atoms with Crippen LogP contribution in [-0.4, -0.2) is 28.7 Å². The lowest BCUT2D eigenvalue weighted by molar-refractivity contribution is -0.384. The highest BCUT2D eigenvalue weighted by atomic mass is 16.6. The normalized spacial score (nSPS) is 42.2. The minimum Gasteiger partial charge on any atom is -0.459 e. The van der Waals surface area contributed by atoms with Crippen LogP contribution in [0.4, 0.5) is 5.69 Å². The summed E-state index contributed by atoms with van der Waals surface area (Å²) in [7, 11) is 0. The largest absolute Gasteiger partial charge is 0.459 e. The van der Waals surface area contributed by atoms with Crippen molar-refractivity contribution in [1.29, 1.82) is 0 Å². The van der Waals surface area contributed by atoms with Crippen LogP contribution < -0.4 is 0 Å². The molecule has 6 heteroatoms. The van der Waals surface area contributed by atoms with E-state index >= 15 is 0 Å². The standard InChI is InChI=1S/C34H49NO5/c1-21(2)7-6-8-22(3)27-13-14-28-26-19-30-34(40-30)20-25(15-18-33(34,5)29(26)16-17-32(27,28)4)39-31(36)23-9-11-24(12-10-23)35(37)38/h9-12,21-22,25-30H,6-8,13-20H2,1-5H3/t22-,25+,26-,27+,28-,29-,30-,32+,33+,34-/m0/s1. The van der Waals surface area contributed by atoms with E-state index in [0.29, 0.717) is 23.0 Å². The number of nitrogens with zero attached hydrogens (tertiary/aromatic N) is 1. The minimum atomic E-state index is -0.453. The van der Waals surface area contributed by atoms with E-state index < -0.39 is 10.9 Å². The van der Waals surface area contributed by atoms with Gasteiger partial charge in [-0.3, -0.25) is 10.1 Å². The van der Waals surface area contributed by atoms with Gasteiger partial charge in [0.2, 0.25) is 0 Å². The first-order chi connectivity index (χ1) is 19.0. The lowest BCUT2D eigenvalue weighted by atomic mass is 9.44. The Morgan fingerprint density at radius 1 is 1.05 bits per heavy atom. The first kappa shape index (κ1) is 28.2. The highest BCUT2D eigenvalue weighted by molar-refractivity contribution is 5.89. The van der Waals surface area contributed by atoms with Crippen molar-refractivity contribution in [2.45, 2.75) is 123 Å². The van der Waals surface area contributed by atoms with Gasteiger partial charge >= 0.3 is 5.97 Å². The van der Waals surface area contributed by atoms with Crippen molar-refractivity contribution in [2.75, 3.05) is 0 Å². The molecule has 0 bridgehead atoms. The predicted octanol–water partition coefficient (Wildman–Crippen LogP) is 8.37. The van der Waals surface area contributed by atoms with Gasteiger partial charge in [-0.15, -0.1) is 0 Å². The van der Waals surface area contributed by atoms with E-state index in [1.54, 1.807) is 0 Å². The van der Waals surface area contributed by atoms with Crippen LogP contribution in [0.2, 0.25) is 0 Å². The highest BCUT2D eigenvalue weighted by Gasteiger charge is 2.76. The van der Waals surface area contributed by atoms with Crippen molar-refractivity contribution in [1.82, 2.24) is 0 Å². The van der Waals surface area contributed by atoms with Crippen LogP contribution in [0.15, 0.2) is 24.3 Å². The number of carbonyl (C=O) groups excluding carboxylic acids is 1. The van der Waals surface area contributed by atoms with Gasteiger partial charge in [0.15, 0.2) is 0 Å². The number of esters is 1. The predicted molar refractivity (Wildman–Crippen MR) is 155 cm³/mol. The quantitative estimate of drug-likeness (QED) is 0.140. The first-order valence-corrected chi connectivity index (χ1v) is 16.1. The van der Waals surface area contributed by atoms with Gasteiger partial charge in [0.1, 0.15) is 11.7 Å². The number of nitro benzene ring substituents is 1. The molecule has 220 valence electrons. The van der Waals surface area contributed by atoms with Gasteiger partial charge in [-0.25, -0.2) is 4.79 Å². The number of ether oxygens (including phenoxy) is 2. The van der Waals surface area contributed by atoms with Crippen molar-refractivity contribution in [2.24, 2.45) is 46.3 Å². The summed E-state index contributed by atoms with van der Waals surface area (Å²) in [4.78, 5) is 23.4. The zero-order valence-electron chi connectivity index (χ0n) is 25.2. The maximum Gasteiger partial charge on any atom is 0.338 e. The van der Waals surface area contributed by atoms with E-state index in [1.165, 1.54) is 75.6 Å². The summed E-state index contributed by atoms with van der Waals surface area (Å²) in [5, 5.41) is 11.0. The number of hydrogen-bond donors (Lipinski definition) is 0. The summed E-state index contributed by atoms with van der Waals surface area (Å²) in [6.07, 6.45) is 13.6. The highest BCUT2D eigenvalue weighted by Crippen LogP contribution is 2.74. The number of epoxide rings is 1. The van der Waals surface area contributed by atoms with Gasteiger partial charge in [0.05, 0.1) is 16.6 Å². The molecule has 0 radical (unpaired) electrons. The fraction of sp³-hybridized carbons (Fsp3) is 0.794. The van der Waals surface area contributed by atoms with Crippen molar-refractivity contribution >= 4 is 11.7 Å². The average molecular weight is 552 g/mol.